The van der Waals surface area contributed by atoms with E-state index in [1.165, 1.54) is 6.07 Å². The lowest BCUT2D eigenvalue weighted by Gasteiger charge is -2.06. The Kier molecular flexibility index (Phi) is 3.19. The summed E-state index contributed by atoms with van der Waals surface area (Å²) in [6.45, 7) is 2.75. The average Bonchev–Trinajstić information content (AvgIpc) is 2.71. The van der Waals surface area contributed by atoms with Crippen LogP contribution < -0.4 is 5.73 Å². The molecule has 0 radical (unpaired) electrons. The van der Waals surface area contributed by atoms with Crippen LogP contribution in [-0.2, 0) is 0 Å². The lowest BCUT2D eigenvalue weighted by molar-refractivity contribution is 0.613. The van der Waals surface area contributed by atoms with Crippen LogP contribution >= 0.6 is 0 Å². The van der Waals surface area contributed by atoms with Gasteiger partial charge in [-0.1, -0.05) is 13.0 Å². The lowest BCUT2D eigenvalue weighted by Crippen LogP contribution is -2.03. The molecule has 16 heavy (non-hydrogen) atoms. The molecule has 0 aliphatic rings. The molecule has 0 saturated carbocycles. The number of hydrogen-bond donors (Lipinski definition) is 2. The smallest absolute Gasteiger partial charge is 0.151 e. The number of aromatic amines is 1. The SMILES string of the molecule is CC(CCCN)c1nc2c(F)cccc2[nH]1. The van der Waals surface area contributed by atoms with Crippen molar-refractivity contribution in [3.63, 3.8) is 0 Å². The number of nitrogens with one attached hydrogen (secondary N) is 1. The van der Waals surface area contributed by atoms with Crippen LogP contribution in [0, 0.1) is 5.82 Å². The Morgan fingerprint density at radius 3 is 3.00 bits per heavy atom. The number of H-pyrrole nitrogens is 1. The van der Waals surface area contributed by atoms with E-state index < -0.39 is 0 Å². The molecular weight excluding hydrogens is 205 g/mol. The highest BCUT2D eigenvalue weighted by atomic mass is 19.1. The number of imidazole rings is 1. The van der Waals surface area contributed by atoms with Gasteiger partial charge in [0.1, 0.15) is 11.3 Å². The highest BCUT2D eigenvalue weighted by Gasteiger charge is 2.12. The van der Waals surface area contributed by atoms with Crippen LogP contribution in [0.2, 0.25) is 0 Å². The Bertz CT molecular complexity index is 478. The van der Waals surface area contributed by atoms with Crippen molar-refractivity contribution >= 4 is 11.0 Å². The summed E-state index contributed by atoms with van der Waals surface area (Å²) in [5.41, 5.74) is 6.65. The number of fused-ring (bicyclic) bond motifs is 1. The summed E-state index contributed by atoms with van der Waals surface area (Å²) < 4.78 is 13.4. The van der Waals surface area contributed by atoms with Crippen molar-refractivity contribution in [2.45, 2.75) is 25.7 Å². The van der Waals surface area contributed by atoms with Crippen molar-refractivity contribution in [3.05, 3.63) is 29.8 Å². The van der Waals surface area contributed by atoms with Crippen molar-refractivity contribution in [2.24, 2.45) is 5.73 Å². The third-order valence-corrected chi connectivity index (χ3v) is 2.79. The second-order valence-corrected chi connectivity index (χ2v) is 4.09. The first-order chi connectivity index (χ1) is 7.72. The molecule has 0 fully saturated rings. The van der Waals surface area contributed by atoms with Crippen molar-refractivity contribution in [3.8, 4) is 0 Å². The first-order valence-electron chi connectivity index (χ1n) is 5.56. The zero-order valence-electron chi connectivity index (χ0n) is 9.33. The van der Waals surface area contributed by atoms with Gasteiger partial charge in [0.25, 0.3) is 0 Å². The molecule has 86 valence electrons. The minimum atomic E-state index is -0.272. The molecule has 0 bridgehead atoms. The van der Waals surface area contributed by atoms with Gasteiger partial charge in [0, 0.05) is 5.92 Å². The number of benzene rings is 1. The summed E-state index contributed by atoms with van der Waals surface area (Å²) in [5, 5.41) is 0. The van der Waals surface area contributed by atoms with E-state index in [4.69, 9.17) is 5.73 Å². The molecule has 1 heterocycles. The van der Waals surface area contributed by atoms with E-state index in [9.17, 15) is 4.39 Å². The Hall–Kier alpha value is -1.42. The Balaban J connectivity index is 2.29. The molecule has 1 atom stereocenters. The third kappa shape index (κ3) is 2.07. The lowest BCUT2D eigenvalue weighted by atomic mass is 10.1. The highest BCUT2D eigenvalue weighted by Crippen LogP contribution is 2.22. The number of nitrogens with zero attached hydrogens (tertiary/aromatic N) is 1. The minimum Gasteiger partial charge on any atom is -0.342 e. The van der Waals surface area contributed by atoms with Gasteiger partial charge in [0.2, 0.25) is 0 Å². The first-order valence-corrected chi connectivity index (χ1v) is 5.56. The standard InChI is InChI=1S/C12H16FN3/c1-8(4-3-7-14)12-15-10-6-2-5-9(13)11(10)16-12/h2,5-6,8H,3-4,7,14H2,1H3,(H,15,16). The number of halogens is 1. The van der Waals surface area contributed by atoms with E-state index in [0.717, 1.165) is 24.2 Å². The topological polar surface area (TPSA) is 54.7 Å². The molecule has 1 unspecified atom stereocenters. The zero-order chi connectivity index (χ0) is 11.5. The van der Waals surface area contributed by atoms with Gasteiger partial charge in [-0.2, -0.15) is 0 Å². The number of aromatic nitrogens is 2. The monoisotopic (exact) mass is 221 g/mol. The molecule has 4 heteroatoms. The zero-order valence-corrected chi connectivity index (χ0v) is 9.33. The molecule has 3 N–H and O–H groups in total. The van der Waals surface area contributed by atoms with E-state index in [2.05, 4.69) is 16.9 Å². The minimum absolute atomic E-state index is 0.272. The fourth-order valence-electron chi connectivity index (χ4n) is 1.81. The fourth-order valence-corrected chi connectivity index (χ4v) is 1.81. The molecular formula is C12H16FN3. The maximum atomic E-state index is 13.4. The van der Waals surface area contributed by atoms with Crippen molar-refractivity contribution < 1.29 is 4.39 Å². The van der Waals surface area contributed by atoms with Crippen LogP contribution in [-0.4, -0.2) is 16.5 Å². The van der Waals surface area contributed by atoms with Gasteiger partial charge in [-0.3, -0.25) is 0 Å². The third-order valence-electron chi connectivity index (χ3n) is 2.79. The molecule has 1 aromatic carbocycles. The van der Waals surface area contributed by atoms with Gasteiger partial charge < -0.3 is 10.7 Å². The van der Waals surface area contributed by atoms with Crippen molar-refractivity contribution in [1.82, 2.24) is 9.97 Å². The second-order valence-electron chi connectivity index (χ2n) is 4.09. The summed E-state index contributed by atoms with van der Waals surface area (Å²) in [6, 6.07) is 4.95. The van der Waals surface area contributed by atoms with Gasteiger partial charge in [-0.15, -0.1) is 0 Å². The highest BCUT2D eigenvalue weighted by molar-refractivity contribution is 5.75. The van der Waals surface area contributed by atoms with E-state index in [-0.39, 0.29) is 11.7 Å². The summed E-state index contributed by atoms with van der Waals surface area (Å²) in [5.74, 6) is 0.856. The Labute approximate surface area is 93.9 Å². The van der Waals surface area contributed by atoms with Gasteiger partial charge in [-0.25, -0.2) is 9.37 Å². The van der Waals surface area contributed by atoms with Crippen molar-refractivity contribution in [1.29, 1.82) is 0 Å². The largest absolute Gasteiger partial charge is 0.342 e. The van der Waals surface area contributed by atoms with Crippen LogP contribution in [0.5, 0.6) is 0 Å². The molecule has 0 aliphatic carbocycles. The predicted octanol–water partition coefficient (Wildman–Crippen LogP) is 2.54. The molecule has 0 saturated heterocycles. The normalized spacial score (nSPS) is 13.2. The van der Waals surface area contributed by atoms with E-state index >= 15 is 0 Å². The van der Waals surface area contributed by atoms with Gasteiger partial charge in [0.05, 0.1) is 5.52 Å². The maximum Gasteiger partial charge on any atom is 0.151 e. The molecule has 0 aliphatic heterocycles. The number of hydrogen-bond acceptors (Lipinski definition) is 2. The van der Waals surface area contributed by atoms with Crippen LogP contribution in [0.3, 0.4) is 0 Å². The number of nitrogens with two attached hydrogens (primary N) is 1. The molecule has 1 aromatic heterocycles. The van der Waals surface area contributed by atoms with Gasteiger partial charge >= 0.3 is 0 Å². The summed E-state index contributed by atoms with van der Waals surface area (Å²) >= 11 is 0. The van der Waals surface area contributed by atoms with E-state index in [1.807, 2.05) is 6.07 Å². The summed E-state index contributed by atoms with van der Waals surface area (Å²) in [6.07, 6.45) is 1.93. The number of para-hydroxylation sites is 1. The molecule has 2 aromatic rings. The predicted molar refractivity (Wildman–Crippen MR) is 62.8 cm³/mol. The number of rotatable bonds is 4. The van der Waals surface area contributed by atoms with Crippen LogP contribution in [0.1, 0.15) is 31.5 Å². The van der Waals surface area contributed by atoms with Gasteiger partial charge in [-0.05, 0) is 31.5 Å². The van der Waals surface area contributed by atoms with Crippen LogP contribution in [0.15, 0.2) is 18.2 Å². The average molecular weight is 221 g/mol. The Morgan fingerprint density at radius 1 is 1.50 bits per heavy atom. The molecule has 2 rings (SSSR count). The quantitative estimate of drug-likeness (QED) is 0.833. The summed E-state index contributed by atoms with van der Waals surface area (Å²) in [4.78, 5) is 7.45. The maximum absolute atomic E-state index is 13.4. The van der Waals surface area contributed by atoms with E-state index in [1.54, 1.807) is 6.07 Å². The molecule has 0 spiro atoms. The fraction of sp³-hybridized carbons (Fsp3) is 0.417. The van der Waals surface area contributed by atoms with Crippen LogP contribution in [0.25, 0.3) is 11.0 Å². The first kappa shape index (κ1) is 11.1. The van der Waals surface area contributed by atoms with Crippen molar-refractivity contribution in [2.75, 3.05) is 6.54 Å². The summed E-state index contributed by atoms with van der Waals surface area (Å²) in [7, 11) is 0. The van der Waals surface area contributed by atoms with E-state index in [0.29, 0.717) is 12.1 Å². The van der Waals surface area contributed by atoms with Gasteiger partial charge in [0.15, 0.2) is 5.82 Å². The Morgan fingerprint density at radius 2 is 2.31 bits per heavy atom. The molecule has 3 nitrogen and oxygen atoms in total. The second kappa shape index (κ2) is 4.61. The van der Waals surface area contributed by atoms with Crippen LogP contribution in [0.4, 0.5) is 4.39 Å². The molecule has 0 amide bonds.